The monoisotopic (exact) mass is 400 g/mol. The summed E-state index contributed by atoms with van der Waals surface area (Å²) >= 11 is 0. The molecule has 0 aliphatic carbocycles. The van der Waals surface area contributed by atoms with Gasteiger partial charge in [-0.3, -0.25) is 4.79 Å². The molecule has 0 N–H and O–H groups in total. The first-order valence-electron chi connectivity index (χ1n) is 11.9. The van der Waals surface area contributed by atoms with E-state index in [1.54, 1.807) is 0 Å². The van der Waals surface area contributed by atoms with Crippen molar-refractivity contribution in [3.8, 4) is 0 Å². The molecule has 0 spiro atoms. The molecule has 0 saturated carbocycles. The van der Waals surface area contributed by atoms with E-state index >= 15 is 0 Å². The van der Waals surface area contributed by atoms with Gasteiger partial charge in [-0.25, -0.2) is 0 Å². The van der Waals surface area contributed by atoms with Crippen molar-refractivity contribution in [1.82, 2.24) is 0 Å². The molecule has 0 aliphatic rings. The van der Waals surface area contributed by atoms with Gasteiger partial charge in [0, 0.05) is 6.42 Å². The van der Waals surface area contributed by atoms with Crippen LogP contribution in [0.25, 0.3) is 0 Å². The van der Waals surface area contributed by atoms with Gasteiger partial charge in [-0.1, -0.05) is 92.4 Å². The molecule has 1 atom stereocenters. The standard InChI is InChI=1S/C23H48O3Si/c1-6-11-12-13-14-15-16-17-18-20-23(24)26-22(19-7-2)21-25-27(8-3,9-4)10-5/h22H,6-21H2,1-5H3. The summed E-state index contributed by atoms with van der Waals surface area (Å²) in [4.78, 5) is 12.2. The van der Waals surface area contributed by atoms with Gasteiger partial charge in [0.1, 0.15) is 6.10 Å². The number of rotatable bonds is 19. The minimum Gasteiger partial charge on any atom is -0.460 e. The molecule has 1 unspecified atom stereocenters. The molecule has 0 fully saturated rings. The Morgan fingerprint density at radius 1 is 0.741 bits per heavy atom. The van der Waals surface area contributed by atoms with E-state index < -0.39 is 8.32 Å². The molecule has 162 valence electrons. The molecule has 3 nitrogen and oxygen atoms in total. The van der Waals surface area contributed by atoms with E-state index in [0.717, 1.165) is 43.8 Å². The lowest BCUT2D eigenvalue weighted by Gasteiger charge is -2.30. The first-order valence-corrected chi connectivity index (χ1v) is 14.4. The largest absolute Gasteiger partial charge is 0.460 e. The number of hydrogen-bond acceptors (Lipinski definition) is 3. The van der Waals surface area contributed by atoms with E-state index in [1.807, 2.05) is 0 Å². The number of carbonyl (C=O) groups is 1. The van der Waals surface area contributed by atoms with Gasteiger partial charge >= 0.3 is 5.97 Å². The minimum atomic E-state index is -1.60. The predicted molar refractivity (Wildman–Crippen MR) is 120 cm³/mol. The molecular formula is C23H48O3Si. The zero-order valence-electron chi connectivity index (χ0n) is 19.1. The maximum atomic E-state index is 12.2. The highest BCUT2D eigenvalue weighted by molar-refractivity contribution is 6.73. The van der Waals surface area contributed by atoms with Crippen LogP contribution in [-0.4, -0.2) is 27.0 Å². The maximum absolute atomic E-state index is 12.2. The lowest BCUT2D eigenvalue weighted by Crippen LogP contribution is -2.39. The Bertz CT molecular complexity index is 334. The molecule has 0 radical (unpaired) electrons. The summed E-state index contributed by atoms with van der Waals surface area (Å²) in [7, 11) is -1.60. The van der Waals surface area contributed by atoms with Gasteiger partial charge in [-0.15, -0.1) is 0 Å². The zero-order valence-corrected chi connectivity index (χ0v) is 20.1. The van der Waals surface area contributed by atoms with Crippen molar-refractivity contribution in [1.29, 1.82) is 0 Å². The summed E-state index contributed by atoms with van der Waals surface area (Å²) in [6.45, 7) is 11.7. The summed E-state index contributed by atoms with van der Waals surface area (Å²) < 4.78 is 12.1. The smallest absolute Gasteiger partial charge is 0.306 e. The first-order chi connectivity index (χ1) is 13.1. The Morgan fingerprint density at radius 3 is 1.74 bits per heavy atom. The van der Waals surface area contributed by atoms with Crippen molar-refractivity contribution in [2.45, 2.75) is 136 Å². The van der Waals surface area contributed by atoms with Gasteiger partial charge < -0.3 is 9.16 Å². The molecule has 27 heavy (non-hydrogen) atoms. The topological polar surface area (TPSA) is 35.5 Å². The van der Waals surface area contributed by atoms with Crippen LogP contribution in [0, 0.1) is 0 Å². The molecule has 4 heteroatoms. The lowest BCUT2D eigenvalue weighted by molar-refractivity contribution is -0.151. The number of esters is 1. The van der Waals surface area contributed by atoms with Gasteiger partial charge in [-0.2, -0.15) is 0 Å². The summed E-state index contributed by atoms with van der Waals surface area (Å²) in [5.41, 5.74) is 0. The van der Waals surface area contributed by atoms with Gasteiger partial charge in [0.05, 0.1) is 6.61 Å². The van der Waals surface area contributed by atoms with E-state index in [-0.39, 0.29) is 12.1 Å². The minimum absolute atomic E-state index is 0.0308. The van der Waals surface area contributed by atoms with Crippen molar-refractivity contribution in [2.75, 3.05) is 6.61 Å². The van der Waals surface area contributed by atoms with Gasteiger partial charge in [0.15, 0.2) is 8.32 Å². The highest BCUT2D eigenvalue weighted by Gasteiger charge is 2.30. The fraction of sp³-hybridized carbons (Fsp3) is 0.957. The van der Waals surface area contributed by atoms with Crippen LogP contribution in [0.2, 0.25) is 18.1 Å². The Hall–Kier alpha value is -0.353. The van der Waals surface area contributed by atoms with Crippen LogP contribution in [0.4, 0.5) is 0 Å². The highest BCUT2D eigenvalue weighted by atomic mass is 28.4. The van der Waals surface area contributed by atoms with Crippen molar-refractivity contribution in [3.05, 3.63) is 0 Å². The van der Waals surface area contributed by atoms with Crippen molar-refractivity contribution in [2.24, 2.45) is 0 Å². The second kappa shape index (κ2) is 17.7. The van der Waals surface area contributed by atoms with Gasteiger partial charge in [0.25, 0.3) is 0 Å². The average Bonchev–Trinajstić information content (AvgIpc) is 2.68. The third kappa shape index (κ3) is 13.5. The summed E-state index contributed by atoms with van der Waals surface area (Å²) in [6, 6.07) is 3.43. The molecule has 0 heterocycles. The fourth-order valence-corrected chi connectivity index (χ4v) is 6.30. The van der Waals surface area contributed by atoms with Gasteiger partial charge in [-0.05, 0) is 31.0 Å². The van der Waals surface area contributed by atoms with Gasteiger partial charge in [0.2, 0.25) is 0 Å². The molecule has 0 rings (SSSR count). The number of unbranched alkanes of at least 4 members (excludes halogenated alkanes) is 8. The third-order valence-corrected chi connectivity index (χ3v) is 10.5. The second-order valence-corrected chi connectivity index (χ2v) is 12.8. The highest BCUT2D eigenvalue weighted by Crippen LogP contribution is 2.22. The SMILES string of the molecule is CCCCCCCCCCCC(=O)OC(CCC)CO[Si](CC)(CC)CC. The van der Waals surface area contributed by atoms with Crippen LogP contribution in [0.1, 0.15) is 112 Å². The molecule has 0 aliphatic heterocycles. The summed E-state index contributed by atoms with van der Waals surface area (Å²) in [6.07, 6.45) is 13.9. The maximum Gasteiger partial charge on any atom is 0.306 e. The van der Waals surface area contributed by atoms with E-state index in [0.29, 0.717) is 13.0 Å². The molecule has 0 aromatic carbocycles. The second-order valence-electron chi connectivity index (χ2n) is 8.03. The van der Waals surface area contributed by atoms with Crippen molar-refractivity contribution < 1.29 is 14.0 Å². The van der Waals surface area contributed by atoms with Crippen LogP contribution < -0.4 is 0 Å². The van der Waals surface area contributed by atoms with E-state index in [9.17, 15) is 4.79 Å². The van der Waals surface area contributed by atoms with Crippen LogP contribution in [0.15, 0.2) is 0 Å². The zero-order chi connectivity index (χ0) is 20.4. The van der Waals surface area contributed by atoms with E-state index in [4.69, 9.17) is 9.16 Å². The lowest BCUT2D eigenvalue weighted by atomic mass is 10.1. The molecule has 0 saturated heterocycles. The first kappa shape index (κ1) is 26.6. The number of ether oxygens (including phenoxy) is 1. The van der Waals surface area contributed by atoms with Crippen molar-refractivity contribution in [3.63, 3.8) is 0 Å². The number of hydrogen-bond donors (Lipinski definition) is 0. The molecular weight excluding hydrogens is 352 g/mol. The average molecular weight is 401 g/mol. The van der Waals surface area contributed by atoms with E-state index in [2.05, 4.69) is 34.6 Å². The normalized spacial score (nSPS) is 12.9. The summed E-state index contributed by atoms with van der Waals surface area (Å²) in [5, 5.41) is 0. The molecule has 0 bridgehead atoms. The molecule has 0 aromatic heterocycles. The van der Waals surface area contributed by atoms with E-state index in [1.165, 1.54) is 44.9 Å². The molecule has 0 aromatic rings. The van der Waals surface area contributed by atoms with Crippen LogP contribution in [0.3, 0.4) is 0 Å². The van der Waals surface area contributed by atoms with Crippen LogP contribution in [0.5, 0.6) is 0 Å². The Balaban J connectivity index is 3.98. The Labute approximate surface area is 171 Å². The van der Waals surface area contributed by atoms with Crippen LogP contribution >= 0.6 is 0 Å². The van der Waals surface area contributed by atoms with Crippen LogP contribution in [-0.2, 0) is 14.0 Å². The Kier molecular flexibility index (Phi) is 17.5. The number of carbonyl (C=O) groups excluding carboxylic acids is 1. The quantitative estimate of drug-likeness (QED) is 0.127. The fourth-order valence-electron chi connectivity index (χ4n) is 3.65. The Morgan fingerprint density at radius 2 is 1.26 bits per heavy atom. The van der Waals surface area contributed by atoms with Crippen molar-refractivity contribution >= 4 is 14.3 Å². The third-order valence-electron chi connectivity index (χ3n) is 5.90. The predicted octanol–water partition coefficient (Wildman–Crippen LogP) is 7.64. The summed E-state index contributed by atoms with van der Waals surface area (Å²) in [5.74, 6) is -0.0308. The molecule has 0 amide bonds.